The number of hydrogen-bond acceptors (Lipinski definition) is 6. The number of benzene rings is 1. The number of fused-ring (bicyclic) bond motifs is 3. The summed E-state index contributed by atoms with van der Waals surface area (Å²) in [5, 5.41) is 11.7. The van der Waals surface area contributed by atoms with E-state index >= 15 is 0 Å². The largest absolute Gasteiger partial charge is 0.446 e. The predicted octanol–water partition coefficient (Wildman–Crippen LogP) is 3.38. The van der Waals surface area contributed by atoms with Gasteiger partial charge in [0.2, 0.25) is 17.7 Å². The maximum Gasteiger partial charge on any atom is 0.242 e. The molecule has 1 saturated heterocycles. The molecule has 1 fully saturated rings. The van der Waals surface area contributed by atoms with Crippen molar-refractivity contribution in [2.45, 2.75) is 25.3 Å². The van der Waals surface area contributed by atoms with E-state index in [1.165, 1.54) is 0 Å². The summed E-state index contributed by atoms with van der Waals surface area (Å²) < 4.78 is 7.86. The number of halogens is 1. The van der Waals surface area contributed by atoms with Gasteiger partial charge in [0, 0.05) is 11.9 Å². The monoisotopic (exact) mass is 440 g/mol. The molecule has 0 spiro atoms. The molecule has 5 rings (SSSR count). The topological polar surface area (TPSA) is 97.3 Å². The van der Waals surface area contributed by atoms with Crippen LogP contribution >= 0.6 is 15.9 Å². The summed E-state index contributed by atoms with van der Waals surface area (Å²) >= 11 is 3.31. The summed E-state index contributed by atoms with van der Waals surface area (Å²) in [5.74, 6) is 1.48. The van der Waals surface area contributed by atoms with Gasteiger partial charge in [0.15, 0.2) is 16.1 Å². The number of para-hydroxylation sites is 1. The van der Waals surface area contributed by atoms with Crippen LogP contribution in [0.3, 0.4) is 0 Å². The van der Waals surface area contributed by atoms with Crippen LogP contribution < -0.4 is 10.6 Å². The number of carbonyl (C=O) groups is 1. The zero-order chi connectivity index (χ0) is 19.1. The van der Waals surface area contributed by atoms with Crippen LogP contribution in [0.2, 0.25) is 0 Å². The molecule has 0 saturated carbocycles. The zero-order valence-corrected chi connectivity index (χ0v) is 16.4. The third kappa shape index (κ3) is 3.01. The lowest BCUT2D eigenvalue weighted by molar-refractivity contribution is -0.121. The molecule has 0 radical (unpaired) electrons. The average molecular weight is 441 g/mol. The van der Waals surface area contributed by atoms with Gasteiger partial charge < -0.3 is 15.1 Å². The molecule has 1 aliphatic rings. The molecule has 8 nitrogen and oxygen atoms in total. The quantitative estimate of drug-likeness (QED) is 0.506. The van der Waals surface area contributed by atoms with Gasteiger partial charge in [-0.2, -0.15) is 4.52 Å². The molecule has 2 N–H and O–H groups in total. The second kappa shape index (κ2) is 6.90. The first-order chi connectivity index (χ1) is 13.7. The summed E-state index contributed by atoms with van der Waals surface area (Å²) in [7, 11) is 0. The number of hydrogen-bond donors (Lipinski definition) is 2. The lowest BCUT2D eigenvalue weighted by atomic mass is 10.1. The number of rotatable bonds is 3. The Bertz CT molecular complexity index is 1180. The molecule has 142 valence electrons. The van der Waals surface area contributed by atoms with Crippen molar-refractivity contribution in [3.8, 4) is 11.6 Å². The highest BCUT2D eigenvalue weighted by molar-refractivity contribution is 9.10. The minimum Gasteiger partial charge on any atom is -0.446 e. The van der Waals surface area contributed by atoms with E-state index in [2.05, 4.69) is 36.6 Å². The van der Waals surface area contributed by atoms with Crippen molar-refractivity contribution < 1.29 is 9.21 Å². The average Bonchev–Trinajstić information content (AvgIpc) is 3.28. The van der Waals surface area contributed by atoms with Crippen molar-refractivity contribution in [1.29, 1.82) is 0 Å². The van der Waals surface area contributed by atoms with Gasteiger partial charge in [-0.3, -0.25) is 4.79 Å². The van der Waals surface area contributed by atoms with Crippen molar-refractivity contribution in [3.05, 3.63) is 41.1 Å². The number of anilines is 1. The summed E-state index contributed by atoms with van der Waals surface area (Å²) in [5.41, 5.74) is 1.44. The Morgan fingerprint density at radius 2 is 2.07 bits per heavy atom. The number of amides is 1. The third-order valence-electron chi connectivity index (χ3n) is 4.81. The van der Waals surface area contributed by atoms with Crippen LogP contribution in [-0.2, 0) is 4.79 Å². The number of nitrogens with one attached hydrogen (secondary N) is 2. The Kier molecular flexibility index (Phi) is 4.23. The molecule has 3 aromatic heterocycles. The molecule has 4 heterocycles. The molecule has 0 aliphatic carbocycles. The molecule has 28 heavy (non-hydrogen) atoms. The van der Waals surface area contributed by atoms with Gasteiger partial charge in [0.25, 0.3) is 0 Å². The Labute approximate surface area is 168 Å². The highest BCUT2D eigenvalue weighted by Gasteiger charge is 2.23. The highest BCUT2D eigenvalue weighted by Crippen LogP contribution is 2.27. The van der Waals surface area contributed by atoms with E-state index in [-0.39, 0.29) is 11.9 Å². The van der Waals surface area contributed by atoms with Crippen LogP contribution in [-0.4, -0.2) is 38.1 Å². The van der Waals surface area contributed by atoms with Gasteiger partial charge in [-0.05, 0) is 59.5 Å². The predicted molar refractivity (Wildman–Crippen MR) is 108 cm³/mol. The van der Waals surface area contributed by atoms with E-state index in [0.29, 0.717) is 34.4 Å². The Balaban J connectivity index is 1.66. The highest BCUT2D eigenvalue weighted by atomic mass is 79.9. The number of aromatic nitrogens is 4. The van der Waals surface area contributed by atoms with Crippen molar-refractivity contribution in [3.63, 3.8) is 0 Å². The Morgan fingerprint density at radius 3 is 2.93 bits per heavy atom. The van der Waals surface area contributed by atoms with Crippen molar-refractivity contribution in [1.82, 2.24) is 24.9 Å². The smallest absolute Gasteiger partial charge is 0.242 e. The molecule has 1 atom stereocenters. The number of furan rings is 1. The van der Waals surface area contributed by atoms with Crippen molar-refractivity contribution >= 4 is 44.3 Å². The molecule has 1 aliphatic heterocycles. The summed E-state index contributed by atoms with van der Waals surface area (Å²) in [6, 6.07) is 11.0. The minimum absolute atomic E-state index is 0.0177. The molecular formula is C19H17BrN6O2. The maximum atomic E-state index is 12.4. The van der Waals surface area contributed by atoms with Gasteiger partial charge >= 0.3 is 0 Å². The van der Waals surface area contributed by atoms with Crippen LogP contribution in [0.15, 0.2) is 45.5 Å². The Morgan fingerprint density at radius 1 is 1.18 bits per heavy atom. The van der Waals surface area contributed by atoms with E-state index in [0.717, 1.165) is 30.2 Å². The third-order valence-corrected chi connectivity index (χ3v) is 5.24. The van der Waals surface area contributed by atoms with E-state index in [9.17, 15) is 4.79 Å². The second-order valence-corrected chi connectivity index (χ2v) is 7.49. The fourth-order valence-electron chi connectivity index (χ4n) is 3.42. The molecule has 1 amide bonds. The molecular weight excluding hydrogens is 424 g/mol. The zero-order valence-electron chi connectivity index (χ0n) is 14.9. The molecule has 0 unspecified atom stereocenters. The molecule has 4 aromatic rings. The molecule has 1 aromatic carbocycles. The number of nitrogens with zero attached hydrogens (tertiary/aromatic N) is 4. The fourth-order valence-corrected chi connectivity index (χ4v) is 3.73. The van der Waals surface area contributed by atoms with Crippen LogP contribution in [0.25, 0.3) is 28.1 Å². The molecule has 0 bridgehead atoms. The van der Waals surface area contributed by atoms with Gasteiger partial charge in [0.1, 0.15) is 6.04 Å². The van der Waals surface area contributed by atoms with Crippen LogP contribution in [0, 0.1) is 0 Å². The standard InChI is InChI=1S/C19H17BrN6O2/c20-15-9-8-14(28-15)16-24-17-11-5-1-2-6-12(11)22-19(26(17)25-16)23-13-7-3-4-10-21-18(13)27/h1-2,5-6,8-9,13H,3-4,7,10H2,(H,21,27)(H,22,23)/t13-/m1/s1. The lowest BCUT2D eigenvalue weighted by Gasteiger charge is -2.16. The first-order valence-electron chi connectivity index (χ1n) is 9.14. The second-order valence-electron chi connectivity index (χ2n) is 6.71. The van der Waals surface area contributed by atoms with Gasteiger partial charge in [-0.25, -0.2) is 9.97 Å². The van der Waals surface area contributed by atoms with Gasteiger partial charge in [-0.15, -0.1) is 5.10 Å². The van der Waals surface area contributed by atoms with E-state index in [1.807, 2.05) is 24.3 Å². The fraction of sp³-hybridized carbons (Fsp3) is 0.263. The summed E-state index contributed by atoms with van der Waals surface area (Å²) in [4.78, 5) is 21.8. The van der Waals surface area contributed by atoms with Crippen LogP contribution in [0.1, 0.15) is 19.3 Å². The van der Waals surface area contributed by atoms with E-state index in [1.54, 1.807) is 16.6 Å². The minimum atomic E-state index is -0.357. The van der Waals surface area contributed by atoms with Crippen LogP contribution in [0.5, 0.6) is 0 Å². The molecule has 9 heteroatoms. The SMILES string of the molecule is O=C1NCCCC[C@H]1Nc1nc2ccccc2c2nc(-c3ccc(Br)o3)nn12. The summed E-state index contributed by atoms with van der Waals surface area (Å²) in [6.45, 7) is 0.707. The normalized spacial score (nSPS) is 17.6. The van der Waals surface area contributed by atoms with Gasteiger partial charge in [-0.1, -0.05) is 12.1 Å². The first-order valence-corrected chi connectivity index (χ1v) is 9.94. The Hall–Kier alpha value is -2.94. The van der Waals surface area contributed by atoms with Crippen molar-refractivity contribution in [2.75, 3.05) is 11.9 Å². The lowest BCUT2D eigenvalue weighted by Crippen LogP contribution is -2.38. The summed E-state index contributed by atoms with van der Waals surface area (Å²) in [6.07, 6.45) is 2.69. The van der Waals surface area contributed by atoms with Crippen molar-refractivity contribution in [2.24, 2.45) is 0 Å². The first kappa shape index (κ1) is 17.2. The van der Waals surface area contributed by atoms with Gasteiger partial charge in [0.05, 0.1) is 5.52 Å². The van der Waals surface area contributed by atoms with E-state index in [4.69, 9.17) is 9.40 Å². The number of carbonyl (C=O) groups excluding carboxylic acids is 1. The van der Waals surface area contributed by atoms with E-state index < -0.39 is 0 Å². The van der Waals surface area contributed by atoms with Crippen LogP contribution in [0.4, 0.5) is 5.95 Å². The maximum absolute atomic E-state index is 12.4.